The van der Waals surface area contributed by atoms with Gasteiger partial charge in [0.15, 0.2) is 0 Å². The smallest absolute Gasteiger partial charge is 0.0182 e. The van der Waals surface area contributed by atoms with Gasteiger partial charge in [-0.05, 0) is 31.6 Å². The van der Waals surface area contributed by atoms with E-state index < -0.39 is 0 Å². The Morgan fingerprint density at radius 3 is 3.22 bits per heavy atom. The van der Waals surface area contributed by atoms with Crippen molar-refractivity contribution in [1.82, 2.24) is 10.6 Å². The minimum Gasteiger partial charge on any atom is -0.391 e. The first-order chi connectivity index (χ1) is 4.43. The lowest BCUT2D eigenvalue weighted by atomic mass is 10.1. The minimum absolute atomic E-state index is 0.822. The molecule has 52 valence electrons. The molecular weight excluding hydrogens is 112 g/mol. The molecule has 0 bridgehead atoms. The molecule has 1 fully saturated rings. The molecule has 1 saturated heterocycles. The summed E-state index contributed by atoms with van der Waals surface area (Å²) >= 11 is 0. The van der Waals surface area contributed by atoms with Gasteiger partial charge in [-0.15, -0.1) is 0 Å². The van der Waals surface area contributed by atoms with Crippen LogP contribution in [-0.2, 0) is 0 Å². The Hall–Kier alpha value is -0.500. The molecule has 1 aliphatic heterocycles. The maximum Gasteiger partial charge on any atom is 0.0182 e. The second kappa shape index (κ2) is 3.51. The van der Waals surface area contributed by atoms with Gasteiger partial charge in [0, 0.05) is 6.54 Å². The fourth-order valence-corrected chi connectivity index (χ4v) is 1.14. The molecule has 1 aliphatic rings. The zero-order valence-electron chi connectivity index (χ0n) is 5.69. The Labute approximate surface area is 56.3 Å². The second-order valence-electron chi connectivity index (χ2n) is 2.47. The van der Waals surface area contributed by atoms with E-state index in [2.05, 4.69) is 17.2 Å². The number of nitrogens with one attached hydrogen (secondary N) is 2. The van der Waals surface area contributed by atoms with Gasteiger partial charge in [0.25, 0.3) is 0 Å². The van der Waals surface area contributed by atoms with Crippen LogP contribution in [0.25, 0.3) is 0 Å². The number of hydrogen-bond acceptors (Lipinski definition) is 2. The van der Waals surface area contributed by atoms with Gasteiger partial charge in [-0.25, -0.2) is 0 Å². The molecule has 0 saturated carbocycles. The standard InChI is InChI=1S/C7H14N2/c1-2-8-5-7-3-4-9-6-7/h2,7-9H,1,3-6H2. The Bertz CT molecular complexity index is 84.9. The van der Waals surface area contributed by atoms with Crippen molar-refractivity contribution in [2.45, 2.75) is 6.42 Å². The molecule has 1 heterocycles. The highest BCUT2D eigenvalue weighted by molar-refractivity contribution is 4.75. The molecule has 2 N–H and O–H groups in total. The van der Waals surface area contributed by atoms with E-state index in [0.29, 0.717) is 0 Å². The summed E-state index contributed by atoms with van der Waals surface area (Å²) in [5.41, 5.74) is 0. The Morgan fingerprint density at radius 2 is 2.67 bits per heavy atom. The van der Waals surface area contributed by atoms with Gasteiger partial charge in [-0.3, -0.25) is 0 Å². The zero-order valence-corrected chi connectivity index (χ0v) is 5.69. The predicted octanol–water partition coefficient (Wildman–Crippen LogP) is 0.329. The topological polar surface area (TPSA) is 24.1 Å². The van der Waals surface area contributed by atoms with Crippen LogP contribution in [0.1, 0.15) is 6.42 Å². The molecule has 9 heavy (non-hydrogen) atoms. The normalized spacial score (nSPS) is 26.0. The maximum absolute atomic E-state index is 3.59. The van der Waals surface area contributed by atoms with E-state index in [0.717, 1.165) is 12.5 Å². The van der Waals surface area contributed by atoms with Gasteiger partial charge in [-0.1, -0.05) is 6.58 Å². The van der Waals surface area contributed by atoms with Crippen LogP contribution in [0.15, 0.2) is 12.8 Å². The lowest BCUT2D eigenvalue weighted by Crippen LogP contribution is -2.19. The van der Waals surface area contributed by atoms with Gasteiger partial charge >= 0.3 is 0 Å². The second-order valence-corrected chi connectivity index (χ2v) is 2.47. The van der Waals surface area contributed by atoms with Crippen LogP contribution in [0.3, 0.4) is 0 Å². The summed E-state index contributed by atoms with van der Waals surface area (Å²) < 4.78 is 0. The van der Waals surface area contributed by atoms with Crippen molar-refractivity contribution in [1.29, 1.82) is 0 Å². The molecule has 2 nitrogen and oxygen atoms in total. The molecule has 2 heteroatoms. The fraction of sp³-hybridized carbons (Fsp3) is 0.714. The van der Waals surface area contributed by atoms with Crippen LogP contribution in [0.2, 0.25) is 0 Å². The summed E-state index contributed by atoms with van der Waals surface area (Å²) in [4.78, 5) is 0. The lowest BCUT2D eigenvalue weighted by molar-refractivity contribution is 0.556. The molecule has 0 aromatic heterocycles. The Kier molecular flexibility index (Phi) is 2.58. The summed E-state index contributed by atoms with van der Waals surface area (Å²) in [6.45, 7) is 7.02. The van der Waals surface area contributed by atoms with E-state index in [-0.39, 0.29) is 0 Å². The molecule has 0 radical (unpaired) electrons. The van der Waals surface area contributed by atoms with E-state index in [1.54, 1.807) is 6.20 Å². The monoisotopic (exact) mass is 126 g/mol. The first kappa shape index (κ1) is 6.62. The summed E-state index contributed by atoms with van der Waals surface area (Å²) in [5, 5.41) is 6.42. The predicted molar refractivity (Wildman–Crippen MR) is 39.2 cm³/mol. The van der Waals surface area contributed by atoms with Crippen LogP contribution in [0.5, 0.6) is 0 Å². The van der Waals surface area contributed by atoms with Crippen molar-refractivity contribution >= 4 is 0 Å². The SMILES string of the molecule is C=CNCC1CCNC1. The number of hydrogen-bond donors (Lipinski definition) is 2. The summed E-state index contributed by atoms with van der Waals surface area (Å²) in [6, 6.07) is 0. The minimum atomic E-state index is 0.822. The first-order valence-electron chi connectivity index (χ1n) is 3.48. The van der Waals surface area contributed by atoms with E-state index in [1.165, 1.54) is 19.5 Å². The Morgan fingerprint density at radius 1 is 1.78 bits per heavy atom. The van der Waals surface area contributed by atoms with Crippen LogP contribution >= 0.6 is 0 Å². The van der Waals surface area contributed by atoms with E-state index in [4.69, 9.17) is 0 Å². The van der Waals surface area contributed by atoms with E-state index in [1.807, 2.05) is 0 Å². The third-order valence-electron chi connectivity index (χ3n) is 1.71. The lowest BCUT2D eigenvalue weighted by Gasteiger charge is -2.05. The largest absolute Gasteiger partial charge is 0.391 e. The highest BCUT2D eigenvalue weighted by Crippen LogP contribution is 2.04. The highest BCUT2D eigenvalue weighted by atomic mass is 14.9. The third-order valence-corrected chi connectivity index (χ3v) is 1.71. The molecule has 0 amide bonds. The van der Waals surface area contributed by atoms with E-state index >= 15 is 0 Å². The zero-order chi connectivity index (χ0) is 6.53. The molecule has 0 aromatic carbocycles. The van der Waals surface area contributed by atoms with Crippen molar-refractivity contribution in [3.8, 4) is 0 Å². The number of rotatable bonds is 3. The quantitative estimate of drug-likeness (QED) is 0.569. The summed E-state index contributed by atoms with van der Waals surface area (Å²) in [7, 11) is 0. The molecule has 1 unspecified atom stereocenters. The summed E-state index contributed by atoms with van der Waals surface area (Å²) in [6.07, 6.45) is 3.07. The van der Waals surface area contributed by atoms with Crippen molar-refractivity contribution in [2.24, 2.45) is 5.92 Å². The fourth-order valence-electron chi connectivity index (χ4n) is 1.14. The average molecular weight is 126 g/mol. The summed E-state index contributed by atoms with van der Waals surface area (Å²) in [5.74, 6) is 0.822. The van der Waals surface area contributed by atoms with E-state index in [9.17, 15) is 0 Å². The molecule has 1 rings (SSSR count). The van der Waals surface area contributed by atoms with Crippen LogP contribution in [0.4, 0.5) is 0 Å². The Balaban J connectivity index is 2.04. The van der Waals surface area contributed by atoms with Crippen LogP contribution in [-0.4, -0.2) is 19.6 Å². The molecule has 1 atom stereocenters. The van der Waals surface area contributed by atoms with Crippen LogP contribution in [0, 0.1) is 5.92 Å². The van der Waals surface area contributed by atoms with Crippen molar-refractivity contribution in [3.05, 3.63) is 12.8 Å². The van der Waals surface area contributed by atoms with Gasteiger partial charge in [0.05, 0.1) is 0 Å². The molecular formula is C7H14N2. The highest BCUT2D eigenvalue weighted by Gasteiger charge is 2.12. The molecule has 0 spiro atoms. The van der Waals surface area contributed by atoms with Gasteiger partial charge in [0.1, 0.15) is 0 Å². The van der Waals surface area contributed by atoms with Crippen molar-refractivity contribution in [3.63, 3.8) is 0 Å². The van der Waals surface area contributed by atoms with Crippen molar-refractivity contribution in [2.75, 3.05) is 19.6 Å². The molecule has 0 aromatic rings. The third kappa shape index (κ3) is 2.06. The van der Waals surface area contributed by atoms with Gasteiger partial charge in [0.2, 0.25) is 0 Å². The molecule has 0 aliphatic carbocycles. The van der Waals surface area contributed by atoms with Crippen molar-refractivity contribution < 1.29 is 0 Å². The first-order valence-corrected chi connectivity index (χ1v) is 3.48. The average Bonchev–Trinajstić information content (AvgIpc) is 2.34. The van der Waals surface area contributed by atoms with Gasteiger partial charge in [-0.2, -0.15) is 0 Å². The maximum atomic E-state index is 3.59. The van der Waals surface area contributed by atoms with Crippen LogP contribution < -0.4 is 10.6 Å². The van der Waals surface area contributed by atoms with Gasteiger partial charge < -0.3 is 10.6 Å².